The molecule has 8 nitrogen and oxygen atoms in total. The van der Waals surface area contributed by atoms with Crippen molar-refractivity contribution in [2.45, 2.75) is 59.5 Å². The SMILES string of the molecule is CC(NC(=O)Cn1cc(NC(=O)C(C)(C)C)cn1)C(=O)N1CCCCC1. The first kappa shape index (κ1) is 19.9. The average molecular weight is 363 g/mol. The predicted molar refractivity (Wildman–Crippen MR) is 98.3 cm³/mol. The second-order valence-corrected chi connectivity index (χ2v) is 7.81. The first-order chi connectivity index (χ1) is 12.2. The Hall–Kier alpha value is -2.38. The third-order valence-corrected chi connectivity index (χ3v) is 4.29. The van der Waals surface area contributed by atoms with E-state index in [1.54, 1.807) is 13.1 Å². The van der Waals surface area contributed by atoms with Gasteiger partial charge in [-0.05, 0) is 26.2 Å². The van der Waals surface area contributed by atoms with E-state index in [0.717, 1.165) is 32.4 Å². The first-order valence-corrected chi connectivity index (χ1v) is 9.09. The quantitative estimate of drug-likeness (QED) is 0.826. The summed E-state index contributed by atoms with van der Waals surface area (Å²) in [5.41, 5.74) is 0.0270. The number of likely N-dealkylation sites (tertiary alicyclic amines) is 1. The maximum atomic E-state index is 12.3. The second kappa shape index (κ2) is 8.33. The molecule has 0 aromatic carbocycles. The van der Waals surface area contributed by atoms with Crippen molar-refractivity contribution < 1.29 is 14.4 Å². The van der Waals surface area contributed by atoms with Crippen LogP contribution in [0.2, 0.25) is 0 Å². The zero-order chi connectivity index (χ0) is 19.3. The first-order valence-electron chi connectivity index (χ1n) is 9.09. The molecule has 1 aromatic rings. The molecule has 1 aliphatic heterocycles. The van der Waals surface area contributed by atoms with E-state index in [0.29, 0.717) is 5.69 Å². The lowest BCUT2D eigenvalue weighted by Gasteiger charge is -2.29. The summed E-state index contributed by atoms with van der Waals surface area (Å²) in [6.07, 6.45) is 6.28. The van der Waals surface area contributed by atoms with Gasteiger partial charge in [0.05, 0.1) is 11.9 Å². The Balaban J connectivity index is 1.84. The van der Waals surface area contributed by atoms with Crippen LogP contribution in [0.25, 0.3) is 0 Å². The summed E-state index contributed by atoms with van der Waals surface area (Å²) in [6.45, 7) is 8.67. The summed E-state index contributed by atoms with van der Waals surface area (Å²) in [7, 11) is 0. The molecular weight excluding hydrogens is 334 g/mol. The summed E-state index contributed by atoms with van der Waals surface area (Å²) in [5.74, 6) is -0.460. The average Bonchev–Trinajstić information content (AvgIpc) is 3.00. The summed E-state index contributed by atoms with van der Waals surface area (Å²) < 4.78 is 1.44. The van der Waals surface area contributed by atoms with Gasteiger partial charge < -0.3 is 15.5 Å². The van der Waals surface area contributed by atoms with Gasteiger partial charge in [-0.25, -0.2) is 0 Å². The van der Waals surface area contributed by atoms with Gasteiger partial charge in [-0.2, -0.15) is 5.10 Å². The molecule has 1 aromatic heterocycles. The lowest BCUT2D eigenvalue weighted by atomic mass is 9.96. The Bertz CT molecular complexity index is 656. The van der Waals surface area contributed by atoms with E-state index < -0.39 is 11.5 Å². The zero-order valence-corrected chi connectivity index (χ0v) is 16.0. The second-order valence-electron chi connectivity index (χ2n) is 7.81. The fourth-order valence-electron chi connectivity index (χ4n) is 2.72. The molecular formula is C18H29N5O3. The normalized spacial score (nSPS) is 16.1. The third-order valence-electron chi connectivity index (χ3n) is 4.29. The Kier molecular flexibility index (Phi) is 6.39. The van der Waals surface area contributed by atoms with Crippen LogP contribution in [0.5, 0.6) is 0 Å². The van der Waals surface area contributed by atoms with Gasteiger partial charge in [0, 0.05) is 24.7 Å². The van der Waals surface area contributed by atoms with Crippen LogP contribution in [0.4, 0.5) is 5.69 Å². The van der Waals surface area contributed by atoms with Gasteiger partial charge >= 0.3 is 0 Å². The standard InChI is InChI=1S/C18H29N5O3/c1-13(16(25)22-8-6-5-7-9-22)20-15(24)12-23-11-14(10-19-23)21-17(26)18(2,3)4/h10-11,13H,5-9,12H2,1-4H3,(H,20,24)(H,21,26). The van der Waals surface area contributed by atoms with E-state index >= 15 is 0 Å². The molecule has 0 spiro atoms. The van der Waals surface area contributed by atoms with Gasteiger partial charge in [0.2, 0.25) is 17.7 Å². The number of aromatic nitrogens is 2. The molecule has 0 aliphatic carbocycles. The van der Waals surface area contributed by atoms with Crippen LogP contribution >= 0.6 is 0 Å². The number of anilines is 1. The van der Waals surface area contributed by atoms with Crippen molar-refractivity contribution in [3.8, 4) is 0 Å². The summed E-state index contributed by atoms with van der Waals surface area (Å²) in [5, 5.41) is 9.56. The fourth-order valence-corrected chi connectivity index (χ4v) is 2.72. The molecule has 1 unspecified atom stereocenters. The number of rotatable bonds is 5. The molecule has 8 heteroatoms. The minimum absolute atomic E-state index is 0.0109. The number of nitrogens with zero attached hydrogens (tertiary/aromatic N) is 3. The van der Waals surface area contributed by atoms with Crippen molar-refractivity contribution >= 4 is 23.4 Å². The van der Waals surface area contributed by atoms with Crippen LogP contribution in [-0.2, 0) is 20.9 Å². The Labute approximate surface area is 154 Å². The Morgan fingerprint density at radius 3 is 2.46 bits per heavy atom. The van der Waals surface area contributed by atoms with Crippen molar-refractivity contribution in [2.75, 3.05) is 18.4 Å². The number of hydrogen-bond donors (Lipinski definition) is 2. The number of nitrogens with one attached hydrogen (secondary N) is 2. The lowest BCUT2D eigenvalue weighted by Crippen LogP contribution is -2.49. The van der Waals surface area contributed by atoms with Crippen molar-refractivity contribution in [3.63, 3.8) is 0 Å². The van der Waals surface area contributed by atoms with E-state index in [1.165, 1.54) is 10.9 Å². The van der Waals surface area contributed by atoms with Crippen molar-refractivity contribution in [1.82, 2.24) is 20.0 Å². The van der Waals surface area contributed by atoms with Crippen LogP contribution in [0.15, 0.2) is 12.4 Å². The van der Waals surface area contributed by atoms with Crippen LogP contribution in [0.3, 0.4) is 0 Å². The number of carbonyl (C=O) groups excluding carboxylic acids is 3. The topological polar surface area (TPSA) is 96.3 Å². The molecule has 2 rings (SSSR count). The highest BCUT2D eigenvalue weighted by Gasteiger charge is 2.24. The van der Waals surface area contributed by atoms with E-state index in [-0.39, 0.29) is 24.3 Å². The smallest absolute Gasteiger partial charge is 0.244 e. The molecule has 144 valence electrons. The van der Waals surface area contributed by atoms with E-state index in [1.807, 2.05) is 25.7 Å². The maximum Gasteiger partial charge on any atom is 0.244 e. The van der Waals surface area contributed by atoms with Crippen molar-refractivity contribution in [1.29, 1.82) is 0 Å². The minimum atomic E-state index is -0.559. The zero-order valence-electron chi connectivity index (χ0n) is 16.0. The van der Waals surface area contributed by atoms with Gasteiger partial charge in [0.15, 0.2) is 0 Å². The monoisotopic (exact) mass is 363 g/mol. The highest BCUT2D eigenvalue weighted by Crippen LogP contribution is 2.16. The molecule has 3 amide bonds. The fraction of sp³-hybridized carbons (Fsp3) is 0.667. The van der Waals surface area contributed by atoms with Gasteiger partial charge in [-0.1, -0.05) is 20.8 Å². The van der Waals surface area contributed by atoms with Crippen molar-refractivity contribution in [2.24, 2.45) is 5.41 Å². The Morgan fingerprint density at radius 1 is 1.19 bits per heavy atom. The van der Waals surface area contributed by atoms with Crippen LogP contribution in [0, 0.1) is 5.41 Å². The summed E-state index contributed by atoms with van der Waals surface area (Å²) in [4.78, 5) is 38.3. The highest BCUT2D eigenvalue weighted by atomic mass is 16.2. The van der Waals surface area contributed by atoms with Crippen molar-refractivity contribution in [3.05, 3.63) is 12.4 Å². The van der Waals surface area contributed by atoms with Gasteiger partial charge in [-0.15, -0.1) is 0 Å². The number of hydrogen-bond acceptors (Lipinski definition) is 4. The molecule has 0 bridgehead atoms. The van der Waals surface area contributed by atoms with Gasteiger partial charge in [-0.3, -0.25) is 19.1 Å². The number of carbonyl (C=O) groups is 3. The molecule has 26 heavy (non-hydrogen) atoms. The molecule has 0 saturated carbocycles. The largest absolute Gasteiger partial charge is 0.343 e. The van der Waals surface area contributed by atoms with Crippen LogP contribution in [-0.4, -0.2) is 51.5 Å². The van der Waals surface area contributed by atoms with E-state index in [9.17, 15) is 14.4 Å². The van der Waals surface area contributed by atoms with Gasteiger partial charge in [0.25, 0.3) is 0 Å². The molecule has 1 aliphatic rings. The van der Waals surface area contributed by atoms with Crippen LogP contribution < -0.4 is 10.6 Å². The molecule has 0 radical (unpaired) electrons. The number of amides is 3. The lowest BCUT2D eigenvalue weighted by molar-refractivity contribution is -0.136. The molecule has 1 saturated heterocycles. The Morgan fingerprint density at radius 2 is 1.85 bits per heavy atom. The third kappa shape index (κ3) is 5.57. The van der Waals surface area contributed by atoms with Gasteiger partial charge in [0.1, 0.15) is 12.6 Å². The predicted octanol–water partition coefficient (Wildman–Crippen LogP) is 1.38. The minimum Gasteiger partial charge on any atom is -0.343 e. The van der Waals surface area contributed by atoms with Crippen LogP contribution in [0.1, 0.15) is 47.0 Å². The maximum absolute atomic E-state index is 12.3. The molecule has 2 heterocycles. The molecule has 2 N–H and O–H groups in total. The van der Waals surface area contributed by atoms with E-state index in [4.69, 9.17) is 0 Å². The summed E-state index contributed by atoms with van der Waals surface area (Å²) in [6, 6.07) is -0.559. The number of piperidine rings is 1. The van der Waals surface area contributed by atoms with E-state index in [2.05, 4.69) is 15.7 Å². The summed E-state index contributed by atoms with van der Waals surface area (Å²) >= 11 is 0. The highest BCUT2D eigenvalue weighted by molar-refractivity contribution is 5.94. The molecule has 1 atom stereocenters. The molecule has 1 fully saturated rings.